The summed E-state index contributed by atoms with van der Waals surface area (Å²) in [4.78, 5) is 12.0. The van der Waals surface area contributed by atoms with Crippen LogP contribution < -0.4 is 5.32 Å². The highest BCUT2D eigenvalue weighted by atomic mass is 16.6. The van der Waals surface area contributed by atoms with Gasteiger partial charge in [-0.25, -0.2) is 4.79 Å². The lowest BCUT2D eigenvalue weighted by Crippen LogP contribution is -2.72. The summed E-state index contributed by atoms with van der Waals surface area (Å²) in [6, 6.07) is 0. The van der Waals surface area contributed by atoms with E-state index in [0.29, 0.717) is 18.3 Å². The van der Waals surface area contributed by atoms with Gasteiger partial charge in [-0.2, -0.15) is 0 Å². The minimum atomic E-state index is -0.813. The number of ether oxygens (including phenoxy) is 1. The maximum Gasteiger partial charge on any atom is 0.408 e. The lowest BCUT2D eigenvalue weighted by Gasteiger charge is -2.66. The molecule has 0 spiro atoms. The van der Waals surface area contributed by atoms with Gasteiger partial charge in [-0.15, -0.1) is 0 Å². The Bertz CT molecular complexity index is 461. The van der Waals surface area contributed by atoms with E-state index in [4.69, 9.17) is 4.74 Å². The third-order valence-corrected chi connectivity index (χ3v) is 4.51. The van der Waals surface area contributed by atoms with Crippen LogP contribution in [0.4, 0.5) is 4.79 Å². The molecule has 2 fully saturated rings. The van der Waals surface area contributed by atoms with Crippen LogP contribution in [0, 0.1) is 11.8 Å². The van der Waals surface area contributed by atoms with E-state index in [1.807, 2.05) is 33.8 Å². The molecular weight excluding hydrogens is 242 g/mol. The van der Waals surface area contributed by atoms with Crippen molar-refractivity contribution in [2.45, 2.75) is 63.7 Å². The first kappa shape index (κ1) is 13.0. The van der Waals surface area contributed by atoms with Gasteiger partial charge in [0.05, 0.1) is 11.1 Å². The fraction of sp³-hybridized carbons (Fsp3) is 0.800. The predicted octanol–water partition coefficient (Wildman–Crippen LogP) is 2.37. The van der Waals surface area contributed by atoms with Crippen LogP contribution in [-0.2, 0) is 4.74 Å². The zero-order chi connectivity index (χ0) is 14.1. The van der Waals surface area contributed by atoms with Crippen molar-refractivity contribution in [2.75, 3.05) is 0 Å². The van der Waals surface area contributed by atoms with Crippen LogP contribution in [0.25, 0.3) is 0 Å². The quantitative estimate of drug-likeness (QED) is 0.716. The van der Waals surface area contributed by atoms with Crippen molar-refractivity contribution < 1.29 is 14.6 Å². The number of hydrogen-bond acceptors (Lipinski definition) is 3. The summed E-state index contributed by atoms with van der Waals surface area (Å²) < 4.78 is 5.35. The number of carbonyl (C=O) groups excluding carboxylic acids is 1. The van der Waals surface area contributed by atoms with Gasteiger partial charge in [-0.05, 0) is 46.5 Å². The van der Waals surface area contributed by atoms with Crippen molar-refractivity contribution >= 4 is 6.09 Å². The van der Waals surface area contributed by atoms with Crippen LogP contribution in [0.15, 0.2) is 11.6 Å². The second-order valence-corrected chi connectivity index (χ2v) is 7.68. The summed E-state index contributed by atoms with van der Waals surface area (Å²) in [6.07, 6.45) is 4.25. The third kappa shape index (κ3) is 2.06. The molecule has 0 saturated heterocycles. The maximum atomic E-state index is 12.0. The van der Waals surface area contributed by atoms with E-state index in [9.17, 15) is 9.90 Å². The van der Waals surface area contributed by atoms with Crippen molar-refractivity contribution in [1.82, 2.24) is 5.32 Å². The summed E-state index contributed by atoms with van der Waals surface area (Å²) in [5.74, 6) is 1.12. The standard InChI is InChI=1S/C15H23NO3/c1-13(2,3)19-12(17)16-15-7-10-5-9(11(10)15)6-14(4,18)8-15/h6,10-11,18H,5,7-8H2,1-4H3,(H,16,17). The van der Waals surface area contributed by atoms with Crippen molar-refractivity contribution in [3.63, 3.8) is 0 Å². The van der Waals surface area contributed by atoms with Gasteiger partial charge in [0.2, 0.25) is 0 Å². The van der Waals surface area contributed by atoms with Gasteiger partial charge in [0.1, 0.15) is 5.60 Å². The number of carbonyl (C=O) groups is 1. The van der Waals surface area contributed by atoms with Gasteiger partial charge in [0.25, 0.3) is 0 Å². The monoisotopic (exact) mass is 265 g/mol. The second kappa shape index (κ2) is 3.54. The molecule has 2 saturated carbocycles. The Morgan fingerprint density at radius 3 is 2.79 bits per heavy atom. The number of amides is 1. The Morgan fingerprint density at radius 2 is 2.21 bits per heavy atom. The highest BCUT2D eigenvalue weighted by Gasteiger charge is 2.65. The average Bonchev–Trinajstić information content (AvgIpc) is 2.06. The lowest BCUT2D eigenvalue weighted by atomic mass is 9.42. The molecule has 0 aromatic carbocycles. The molecule has 106 valence electrons. The zero-order valence-electron chi connectivity index (χ0n) is 12.1. The van der Waals surface area contributed by atoms with Gasteiger partial charge in [0, 0.05) is 12.3 Å². The van der Waals surface area contributed by atoms with E-state index in [0.717, 1.165) is 12.8 Å². The molecule has 4 unspecified atom stereocenters. The molecule has 1 amide bonds. The van der Waals surface area contributed by atoms with Gasteiger partial charge in [-0.3, -0.25) is 0 Å². The van der Waals surface area contributed by atoms with E-state index >= 15 is 0 Å². The maximum absolute atomic E-state index is 12.0. The van der Waals surface area contributed by atoms with Crippen LogP contribution >= 0.6 is 0 Å². The number of nitrogens with one attached hydrogen (secondary N) is 1. The molecule has 0 aliphatic heterocycles. The summed E-state index contributed by atoms with van der Waals surface area (Å²) in [6.45, 7) is 7.40. The van der Waals surface area contributed by atoms with Crippen molar-refractivity contribution in [2.24, 2.45) is 11.8 Å². The molecule has 4 atom stereocenters. The summed E-state index contributed by atoms with van der Waals surface area (Å²) in [5, 5.41) is 13.4. The molecule has 0 aromatic rings. The van der Waals surface area contributed by atoms with E-state index in [1.165, 1.54) is 5.57 Å². The smallest absolute Gasteiger partial charge is 0.408 e. The number of hydrogen-bond donors (Lipinski definition) is 2. The fourth-order valence-electron chi connectivity index (χ4n) is 4.22. The Hall–Kier alpha value is -1.03. The van der Waals surface area contributed by atoms with Crippen LogP contribution in [0.2, 0.25) is 0 Å². The molecule has 3 aliphatic carbocycles. The highest BCUT2D eigenvalue weighted by molar-refractivity contribution is 5.70. The number of aliphatic hydroxyl groups is 1. The fourth-order valence-corrected chi connectivity index (χ4v) is 4.22. The average molecular weight is 265 g/mol. The van der Waals surface area contributed by atoms with E-state index in [2.05, 4.69) is 5.32 Å². The molecule has 3 aliphatic rings. The van der Waals surface area contributed by atoms with E-state index in [1.54, 1.807) is 0 Å². The first-order valence-electron chi connectivity index (χ1n) is 7.05. The molecule has 3 rings (SSSR count). The van der Waals surface area contributed by atoms with Gasteiger partial charge in [0.15, 0.2) is 0 Å². The Kier molecular flexibility index (Phi) is 2.42. The first-order chi connectivity index (χ1) is 8.60. The molecule has 0 aromatic heterocycles. The second-order valence-electron chi connectivity index (χ2n) is 7.68. The van der Waals surface area contributed by atoms with Gasteiger partial charge in [-0.1, -0.05) is 11.6 Å². The number of alkyl carbamates (subject to hydrolysis) is 1. The highest BCUT2D eigenvalue weighted by Crippen LogP contribution is 2.64. The number of rotatable bonds is 1. The minimum absolute atomic E-state index is 0.279. The van der Waals surface area contributed by atoms with E-state index < -0.39 is 11.2 Å². The Balaban J connectivity index is 1.75. The molecule has 0 radical (unpaired) electrons. The van der Waals surface area contributed by atoms with Crippen LogP contribution in [-0.4, -0.2) is 27.9 Å². The van der Waals surface area contributed by atoms with Crippen molar-refractivity contribution in [3.8, 4) is 0 Å². The van der Waals surface area contributed by atoms with Crippen LogP contribution in [0.3, 0.4) is 0 Å². The molecule has 19 heavy (non-hydrogen) atoms. The topological polar surface area (TPSA) is 58.6 Å². The lowest BCUT2D eigenvalue weighted by molar-refractivity contribution is -0.0855. The predicted molar refractivity (Wildman–Crippen MR) is 71.6 cm³/mol. The summed E-state index contributed by atoms with van der Waals surface area (Å²) in [5.41, 5.74) is -0.270. The Morgan fingerprint density at radius 1 is 1.53 bits per heavy atom. The first-order valence-corrected chi connectivity index (χ1v) is 7.05. The zero-order valence-corrected chi connectivity index (χ0v) is 12.1. The molecule has 2 N–H and O–H groups in total. The van der Waals surface area contributed by atoms with Gasteiger partial charge < -0.3 is 15.2 Å². The Labute approximate surface area is 114 Å². The van der Waals surface area contributed by atoms with Gasteiger partial charge >= 0.3 is 6.09 Å². The summed E-state index contributed by atoms with van der Waals surface area (Å²) >= 11 is 0. The molecule has 4 heteroatoms. The largest absolute Gasteiger partial charge is 0.444 e. The summed E-state index contributed by atoms with van der Waals surface area (Å²) in [7, 11) is 0. The molecule has 0 heterocycles. The normalized spacial score (nSPS) is 43.3. The molecule has 0 bridgehead atoms. The van der Waals surface area contributed by atoms with Crippen molar-refractivity contribution in [1.29, 1.82) is 0 Å². The van der Waals surface area contributed by atoms with Crippen molar-refractivity contribution in [3.05, 3.63) is 11.6 Å². The van der Waals surface area contributed by atoms with Crippen LogP contribution in [0.5, 0.6) is 0 Å². The SMILES string of the molecule is CC1(O)C=C2CC3CC(NC(=O)OC(C)(C)C)(C1)C23. The van der Waals surface area contributed by atoms with E-state index in [-0.39, 0.29) is 11.6 Å². The molecular formula is C15H23NO3. The van der Waals surface area contributed by atoms with Crippen LogP contribution in [0.1, 0.15) is 47.0 Å². The minimum Gasteiger partial charge on any atom is -0.444 e. The third-order valence-electron chi connectivity index (χ3n) is 4.51. The molecule has 4 nitrogen and oxygen atoms in total.